The molecule has 6 heteroatoms. The molecule has 1 saturated heterocycles. The normalized spacial score (nSPS) is 15.4. The van der Waals surface area contributed by atoms with Gasteiger partial charge in [0.15, 0.2) is 0 Å². The van der Waals surface area contributed by atoms with E-state index in [-0.39, 0.29) is 5.91 Å². The van der Waals surface area contributed by atoms with Crippen molar-refractivity contribution in [3.05, 3.63) is 64.1 Å². The molecule has 0 bridgehead atoms. The van der Waals surface area contributed by atoms with Gasteiger partial charge in [-0.2, -0.15) is 0 Å². The van der Waals surface area contributed by atoms with Crippen LogP contribution in [0.2, 0.25) is 0 Å². The third kappa shape index (κ3) is 4.94. The second-order valence-corrected chi connectivity index (χ2v) is 8.16. The molecule has 28 heavy (non-hydrogen) atoms. The molecule has 1 aliphatic heterocycles. The quantitative estimate of drug-likeness (QED) is 0.369. The Morgan fingerprint density at radius 1 is 1.14 bits per heavy atom. The summed E-state index contributed by atoms with van der Waals surface area (Å²) in [6.45, 7) is 5.05. The van der Waals surface area contributed by atoms with Crippen molar-refractivity contribution in [1.29, 1.82) is 0 Å². The summed E-state index contributed by atoms with van der Waals surface area (Å²) in [5, 5.41) is 0. The van der Waals surface area contributed by atoms with Gasteiger partial charge in [0.05, 0.1) is 4.91 Å². The molecule has 0 radical (unpaired) electrons. The summed E-state index contributed by atoms with van der Waals surface area (Å²) in [7, 11) is 1.69. The molecule has 0 saturated carbocycles. The minimum atomic E-state index is -0.0840. The van der Waals surface area contributed by atoms with Crippen molar-refractivity contribution >= 4 is 40.3 Å². The molecule has 146 valence electrons. The number of thioether (sulfide) groups is 1. The highest BCUT2D eigenvalue weighted by molar-refractivity contribution is 8.26. The van der Waals surface area contributed by atoms with E-state index in [1.54, 1.807) is 7.05 Å². The van der Waals surface area contributed by atoms with Crippen LogP contribution in [-0.4, -0.2) is 35.4 Å². The van der Waals surface area contributed by atoms with Crippen molar-refractivity contribution in [2.75, 3.05) is 20.3 Å². The number of nitrogens with zero attached hydrogens (tertiary/aromatic N) is 1. The molecule has 1 fully saturated rings. The zero-order valence-electron chi connectivity index (χ0n) is 16.2. The summed E-state index contributed by atoms with van der Waals surface area (Å²) < 4.78 is 12.3. The van der Waals surface area contributed by atoms with Crippen LogP contribution >= 0.6 is 24.0 Å². The molecule has 0 atom stereocenters. The van der Waals surface area contributed by atoms with Crippen molar-refractivity contribution in [2.45, 2.75) is 20.3 Å². The van der Waals surface area contributed by atoms with Crippen LogP contribution in [0.1, 0.15) is 23.6 Å². The number of carbonyl (C=O) groups is 1. The van der Waals surface area contributed by atoms with E-state index in [1.807, 2.05) is 36.4 Å². The highest BCUT2D eigenvalue weighted by atomic mass is 32.2. The predicted octanol–water partition coefficient (Wildman–Crippen LogP) is 4.85. The van der Waals surface area contributed by atoms with Gasteiger partial charge >= 0.3 is 0 Å². The maximum atomic E-state index is 12.2. The molecule has 2 aromatic rings. The van der Waals surface area contributed by atoms with E-state index in [0.29, 0.717) is 28.2 Å². The Hall–Kier alpha value is -2.31. The Balaban J connectivity index is 1.62. The van der Waals surface area contributed by atoms with Gasteiger partial charge < -0.3 is 9.47 Å². The van der Waals surface area contributed by atoms with Gasteiger partial charge in [-0.05, 0) is 48.7 Å². The monoisotopic (exact) mass is 413 g/mol. The fourth-order valence-corrected chi connectivity index (χ4v) is 4.01. The topological polar surface area (TPSA) is 38.8 Å². The first-order valence-corrected chi connectivity index (χ1v) is 10.4. The molecule has 0 unspecified atom stereocenters. The lowest BCUT2D eigenvalue weighted by Gasteiger charge is -2.12. The number of carbonyl (C=O) groups excluding carboxylic acids is 1. The number of para-hydroxylation sites is 1. The number of aryl methyl sites for hydroxylation is 2. The van der Waals surface area contributed by atoms with Crippen molar-refractivity contribution in [2.24, 2.45) is 0 Å². The zero-order valence-corrected chi connectivity index (χ0v) is 17.9. The van der Waals surface area contributed by atoms with Gasteiger partial charge in [-0.25, -0.2) is 0 Å². The largest absolute Gasteiger partial charge is 0.490 e. The summed E-state index contributed by atoms with van der Waals surface area (Å²) in [5.41, 5.74) is 3.30. The van der Waals surface area contributed by atoms with E-state index in [0.717, 1.165) is 17.7 Å². The lowest BCUT2D eigenvalue weighted by Crippen LogP contribution is -2.22. The Morgan fingerprint density at radius 2 is 1.89 bits per heavy atom. The Kier molecular flexibility index (Phi) is 6.75. The summed E-state index contributed by atoms with van der Waals surface area (Å²) in [6, 6.07) is 13.9. The summed E-state index contributed by atoms with van der Waals surface area (Å²) in [4.78, 5) is 14.3. The minimum absolute atomic E-state index is 0.0840. The van der Waals surface area contributed by atoms with E-state index >= 15 is 0 Å². The first kappa shape index (κ1) is 20.4. The number of hydrogen-bond donors (Lipinski definition) is 0. The maximum absolute atomic E-state index is 12.2. The highest BCUT2D eigenvalue weighted by Crippen LogP contribution is 2.33. The van der Waals surface area contributed by atoms with Crippen molar-refractivity contribution in [3.63, 3.8) is 0 Å². The van der Waals surface area contributed by atoms with Crippen molar-refractivity contribution in [1.82, 2.24) is 4.90 Å². The van der Waals surface area contributed by atoms with Crippen LogP contribution in [0.5, 0.6) is 11.5 Å². The maximum Gasteiger partial charge on any atom is 0.265 e. The van der Waals surface area contributed by atoms with Crippen LogP contribution in [0, 0.1) is 6.92 Å². The number of ether oxygens (including phenoxy) is 2. The average molecular weight is 414 g/mol. The molecule has 1 heterocycles. The van der Waals surface area contributed by atoms with Crippen molar-refractivity contribution < 1.29 is 14.3 Å². The molecule has 4 nitrogen and oxygen atoms in total. The van der Waals surface area contributed by atoms with Crippen LogP contribution in [-0.2, 0) is 11.2 Å². The number of likely N-dealkylation sites (N-methyl/N-ethyl adjacent to an activating group) is 1. The molecular weight excluding hydrogens is 390 g/mol. The van der Waals surface area contributed by atoms with Crippen LogP contribution in [0.25, 0.3) is 6.08 Å². The van der Waals surface area contributed by atoms with Gasteiger partial charge in [-0.1, -0.05) is 55.2 Å². The van der Waals surface area contributed by atoms with E-state index in [4.69, 9.17) is 21.7 Å². The summed E-state index contributed by atoms with van der Waals surface area (Å²) in [6.07, 6.45) is 2.80. The van der Waals surface area contributed by atoms with Crippen LogP contribution in [0.3, 0.4) is 0 Å². The lowest BCUT2D eigenvalue weighted by atomic mass is 10.1. The number of rotatable bonds is 7. The molecule has 0 aromatic heterocycles. The molecule has 0 N–H and O–H groups in total. The number of benzene rings is 2. The van der Waals surface area contributed by atoms with Crippen LogP contribution in [0.4, 0.5) is 0 Å². The fraction of sp³-hybridized carbons (Fsp3) is 0.273. The van der Waals surface area contributed by atoms with Gasteiger partial charge in [0.2, 0.25) is 0 Å². The summed E-state index contributed by atoms with van der Waals surface area (Å²) >= 11 is 6.49. The number of amides is 1. The smallest absolute Gasteiger partial charge is 0.265 e. The third-order valence-corrected chi connectivity index (χ3v) is 5.81. The number of thiocarbonyl (C=S) groups is 1. The first-order valence-electron chi connectivity index (χ1n) is 9.14. The van der Waals surface area contributed by atoms with E-state index in [1.165, 1.54) is 27.8 Å². The molecule has 0 spiro atoms. The van der Waals surface area contributed by atoms with Crippen LogP contribution in [0.15, 0.2) is 47.4 Å². The highest BCUT2D eigenvalue weighted by Gasteiger charge is 2.28. The average Bonchev–Trinajstić information content (AvgIpc) is 2.92. The second kappa shape index (κ2) is 9.26. The lowest BCUT2D eigenvalue weighted by molar-refractivity contribution is -0.121. The molecule has 2 aromatic carbocycles. The minimum Gasteiger partial charge on any atom is -0.490 e. The summed E-state index contributed by atoms with van der Waals surface area (Å²) in [5.74, 6) is 1.49. The Labute approximate surface area is 175 Å². The molecule has 0 aliphatic carbocycles. The van der Waals surface area contributed by atoms with Gasteiger partial charge in [-0.15, -0.1) is 0 Å². The third-order valence-electron chi connectivity index (χ3n) is 4.32. The molecular formula is C22H23NO3S2. The molecule has 1 amide bonds. The van der Waals surface area contributed by atoms with E-state index in [2.05, 4.69) is 26.0 Å². The predicted molar refractivity (Wildman–Crippen MR) is 119 cm³/mol. The van der Waals surface area contributed by atoms with E-state index < -0.39 is 0 Å². The van der Waals surface area contributed by atoms with Crippen LogP contribution < -0.4 is 9.47 Å². The van der Waals surface area contributed by atoms with Crippen molar-refractivity contribution in [3.8, 4) is 11.5 Å². The zero-order chi connectivity index (χ0) is 20.1. The van der Waals surface area contributed by atoms with Gasteiger partial charge in [-0.3, -0.25) is 9.69 Å². The second-order valence-electron chi connectivity index (χ2n) is 6.48. The molecule has 1 aliphatic rings. The standard InChI is InChI=1S/C22H23NO3S2/c1-4-16-11-15(2)12-18(13-16)25-9-10-26-19-8-6-5-7-17(19)14-20-21(24)23(3)22(27)28-20/h5-8,11-14H,4,9-10H2,1-3H3. The van der Waals surface area contributed by atoms with E-state index in [9.17, 15) is 4.79 Å². The number of hydrogen-bond acceptors (Lipinski definition) is 5. The molecule has 3 rings (SSSR count). The van der Waals surface area contributed by atoms with Gasteiger partial charge in [0.25, 0.3) is 5.91 Å². The Bertz CT molecular complexity index is 924. The van der Waals surface area contributed by atoms with Gasteiger partial charge in [0, 0.05) is 12.6 Å². The fourth-order valence-electron chi connectivity index (χ4n) is 2.84. The Morgan fingerprint density at radius 3 is 2.61 bits per heavy atom. The SMILES string of the molecule is CCc1cc(C)cc(OCCOc2ccccc2C=C2SC(=S)N(C)C2=O)c1. The van der Waals surface area contributed by atoms with Gasteiger partial charge in [0.1, 0.15) is 29.0 Å². The first-order chi connectivity index (χ1) is 13.5.